The maximum atomic E-state index is 12.2. The first-order valence-corrected chi connectivity index (χ1v) is 7.28. The average Bonchev–Trinajstić information content (AvgIpc) is 2.49. The second-order valence-electron chi connectivity index (χ2n) is 5.22. The number of rotatable bonds is 4. The van der Waals surface area contributed by atoms with Gasteiger partial charge in [0.15, 0.2) is 0 Å². The van der Waals surface area contributed by atoms with E-state index in [9.17, 15) is 9.59 Å². The third-order valence-electron chi connectivity index (χ3n) is 3.42. The van der Waals surface area contributed by atoms with E-state index in [2.05, 4.69) is 17.6 Å². The van der Waals surface area contributed by atoms with Crippen molar-refractivity contribution in [2.75, 3.05) is 10.6 Å². The van der Waals surface area contributed by atoms with Gasteiger partial charge in [-0.2, -0.15) is 0 Å². The molecule has 4 heteroatoms. The van der Waals surface area contributed by atoms with Gasteiger partial charge in [0, 0.05) is 23.9 Å². The molecule has 0 spiro atoms. The van der Waals surface area contributed by atoms with Gasteiger partial charge in [0.05, 0.1) is 0 Å². The first-order chi connectivity index (χ1) is 10.5. The normalized spacial score (nSPS) is 10.1. The fourth-order valence-corrected chi connectivity index (χ4v) is 2.17. The molecule has 22 heavy (non-hydrogen) atoms. The van der Waals surface area contributed by atoms with Crippen molar-refractivity contribution in [2.24, 2.45) is 0 Å². The van der Waals surface area contributed by atoms with E-state index in [1.165, 1.54) is 12.5 Å². The minimum atomic E-state index is -0.144. The Bertz CT molecular complexity index is 691. The largest absolute Gasteiger partial charge is 0.326 e. The number of amides is 2. The number of carbonyl (C=O) groups excluding carboxylic acids is 2. The Kier molecular flexibility index (Phi) is 4.94. The molecule has 0 saturated heterocycles. The van der Waals surface area contributed by atoms with Crippen molar-refractivity contribution < 1.29 is 9.59 Å². The van der Waals surface area contributed by atoms with Gasteiger partial charge < -0.3 is 10.6 Å². The van der Waals surface area contributed by atoms with E-state index in [-0.39, 0.29) is 11.8 Å². The van der Waals surface area contributed by atoms with E-state index in [1.807, 2.05) is 37.3 Å². The third kappa shape index (κ3) is 3.95. The molecule has 0 atom stereocenters. The number of carbonyl (C=O) groups is 2. The van der Waals surface area contributed by atoms with Crippen molar-refractivity contribution in [1.82, 2.24) is 0 Å². The van der Waals surface area contributed by atoms with Crippen molar-refractivity contribution in [3.05, 3.63) is 59.2 Å². The fraction of sp³-hybridized carbons (Fsp3) is 0.222. The summed E-state index contributed by atoms with van der Waals surface area (Å²) in [6.45, 7) is 5.43. The van der Waals surface area contributed by atoms with Crippen LogP contribution in [0.25, 0.3) is 0 Å². The van der Waals surface area contributed by atoms with Gasteiger partial charge in [0.25, 0.3) is 5.91 Å². The van der Waals surface area contributed by atoms with Crippen LogP contribution in [0.5, 0.6) is 0 Å². The van der Waals surface area contributed by atoms with E-state index < -0.39 is 0 Å². The smallest absolute Gasteiger partial charge is 0.255 e. The maximum Gasteiger partial charge on any atom is 0.255 e. The summed E-state index contributed by atoms with van der Waals surface area (Å²) in [5, 5.41) is 5.61. The molecule has 0 heterocycles. The van der Waals surface area contributed by atoms with Gasteiger partial charge in [-0.1, -0.05) is 19.1 Å². The molecular weight excluding hydrogens is 276 g/mol. The second kappa shape index (κ2) is 6.89. The highest BCUT2D eigenvalue weighted by atomic mass is 16.2. The Hall–Kier alpha value is -2.62. The lowest BCUT2D eigenvalue weighted by Gasteiger charge is -2.10. The Balaban J connectivity index is 2.10. The molecule has 0 saturated carbocycles. The van der Waals surface area contributed by atoms with Gasteiger partial charge in [-0.05, 0) is 54.8 Å². The first kappa shape index (κ1) is 15.8. The summed E-state index contributed by atoms with van der Waals surface area (Å²) < 4.78 is 0. The molecule has 2 N–H and O–H groups in total. The van der Waals surface area contributed by atoms with Crippen LogP contribution >= 0.6 is 0 Å². The average molecular weight is 296 g/mol. The second-order valence-corrected chi connectivity index (χ2v) is 5.22. The summed E-state index contributed by atoms with van der Waals surface area (Å²) in [6, 6.07) is 13.0. The summed E-state index contributed by atoms with van der Waals surface area (Å²) in [4.78, 5) is 23.3. The molecule has 0 aromatic heterocycles. The number of anilines is 2. The van der Waals surface area contributed by atoms with Crippen LogP contribution in [-0.2, 0) is 11.2 Å². The number of hydrogen-bond donors (Lipinski definition) is 2. The van der Waals surface area contributed by atoms with Crippen LogP contribution < -0.4 is 10.6 Å². The molecule has 0 bridgehead atoms. The Morgan fingerprint density at radius 3 is 2.23 bits per heavy atom. The summed E-state index contributed by atoms with van der Waals surface area (Å²) >= 11 is 0. The molecule has 0 aliphatic heterocycles. The van der Waals surface area contributed by atoms with Crippen molar-refractivity contribution >= 4 is 23.2 Å². The number of aryl methyl sites for hydroxylation is 2. The molecule has 2 rings (SSSR count). The van der Waals surface area contributed by atoms with Crippen molar-refractivity contribution in [3.8, 4) is 0 Å². The first-order valence-electron chi connectivity index (χ1n) is 7.28. The predicted octanol–water partition coefficient (Wildman–Crippen LogP) is 3.77. The molecule has 2 aromatic carbocycles. The predicted molar refractivity (Wildman–Crippen MR) is 89.3 cm³/mol. The van der Waals surface area contributed by atoms with Gasteiger partial charge >= 0.3 is 0 Å². The van der Waals surface area contributed by atoms with E-state index in [4.69, 9.17) is 0 Å². The van der Waals surface area contributed by atoms with Crippen molar-refractivity contribution in [3.63, 3.8) is 0 Å². The van der Waals surface area contributed by atoms with Crippen LogP contribution in [0.3, 0.4) is 0 Å². The summed E-state index contributed by atoms with van der Waals surface area (Å²) in [5.41, 5.74) is 4.18. The summed E-state index contributed by atoms with van der Waals surface area (Å²) in [7, 11) is 0. The molecule has 0 unspecified atom stereocenters. The molecule has 0 radical (unpaired) electrons. The van der Waals surface area contributed by atoms with Crippen LogP contribution in [0.4, 0.5) is 11.4 Å². The fourth-order valence-electron chi connectivity index (χ4n) is 2.17. The monoisotopic (exact) mass is 296 g/mol. The van der Waals surface area contributed by atoms with Gasteiger partial charge in [-0.15, -0.1) is 0 Å². The van der Waals surface area contributed by atoms with E-state index in [0.29, 0.717) is 11.3 Å². The van der Waals surface area contributed by atoms with E-state index in [0.717, 1.165) is 17.7 Å². The lowest BCUT2D eigenvalue weighted by atomic mass is 10.1. The van der Waals surface area contributed by atoms with Gasteiger partial charge in [-0.3, -0.25) is 9.59 Å². The SMILES string of the molecule is CCc1ccc(C(=O)Nc2ccc(NC(C)=O)c(C)c2)cc1. The lowest BCUT2D eigenvalue weighted by Crippen LogP contribution is -2.12. The van der Waals surface area contributed by atoms with Crippen LogP contribution in [0.1, 0.15) is 35.3 Å². The minimum Gasteiger partial charge on any atom is -0.326 e. The Morgan fingerprint density at radius 2 is 1.68 bits per heavy atom. The summed E-state index contributed by atoms with van der Waals surface area (Å²) in [6.07, 6.45) is 0.950. The topological polar surface area (TPSA) is 58.2 Å². The minimum absolute atomic E-state index is 0.115. The zero-order valence-corrected chi connectivity index (χ0v) is 13.1. The van der Waals surface area contributed by atoms with Crippen LogP contribution in [0, 0.1) is 6.92 Å². The summed E-state index contributed by atoms with van der Waals surface area (Å²) in [5.74, 6) is -0.259. The van der Waals surface area contributed by atoms with Gasteiger partial charge in [0.2, 0.25) is 5.91 Å². The Morgan fingerprint density at radius 1 is 1.00 bits per heavy atom. The highest BCUT2D eigenvalue weighted by molar-refractivity contribution is 6.04. The molecule has 0 fully saturated rings. The van der Waals surface area contributed by atoms with Gasteiger partial charge in [-0.25, -0.2) is 0 Å². The quantitative estimate of drug-likeness (QED) is 0.902. The molecule has 114 valence electrons. The lowest BCUT2D eigenvalue weighted by molar-refractivity contribution is -0.114. The molecular formula is C18H20N2O2. The maximum absolute atomic E-state index is 12.2. The van der Waals surface area contributed by atoms with E-state index in [1.54, 1.807) is 12.1 Å². The number of nitrogens with one attached hydrogen (secondary N) is 2. The molecule has 2 amide bonds. The van der Waals surface area contributed by atoms with Crippen molar-refractivity contribution in [2.45, 2.75) is 27.2 Å². The van der Waals surface area contributed by atoms with E-state index >= 15 is 0 Å². The van der Waals surface area contributed by atoms with Crippen LogP contribution in [0.2, 0.25) is 0 Å². The van der Waals surface area contributed by atoms with Crippen LogP contribution in [0.15, 0.2) is 42.5 Å². The number of benzene rings is 2. The molecule has 4 nitrogen and oxygen atoms in total. The number of hydrogen-bond acceptors (Lipinski definition) is 2. The van der Waals surface area contributed by atoms with Crippen LogP contribution in [-0.4, -0.2) is 11.8 Å². The third-order valence-corrected chi connectivity index (χ3v) is 3.42. The highest BCUT2D eigenvalue weighted by Gasteiger charge is 2.07. The zero-order valence-electron chi connectivity index (χ0n) is 13.1. The Labute approximate surface area is 130 Å². The van der Waals surface area contributed by atoms with Gasteiger partial charge in [0.1, 0.15) is 0 Å². The van der Waals surface area contributed by atoms with Crippen molar-refractivity contribution in [1.29, 1.82) is 0 Å². The highest BCUT2D eigenvalue weighted by Crippen LogP contribution is 2.20. The molecule has 2 aromatic rings. The molecule has 0 aliphatic carbocycles. The standard InChI is InChI=1S/C18H20N2O2/c1-4-14-5-7-15(8-6-14)18(22)20-16-9-10-17(12(2)11-16)19-13(3)21/h5-11H,4H2,1-3H3,(H,19,21)(H,20,22). The zero-order chi connectivity index (χ0) is 16.1. The molecule has 0 aliphatic rings.